The third kappa shape index (κ3) is 4.32. The Morgan fingerprint density at radius 1 is 1.19 bits per heavy atom. The number of anilines is 2. The molecule has 1 aliphatic rings. The van der Waals surface area contributed by atoms with E-state index in [0.29, 0.717) is 17.9 Å². The van der Waals surface area contributed by atoms with Crippen molar-refractivity contribution in [1.82, 2.24) is 4.90 Å². The predicted molar refractivity (Wildman–Crippen MR) is 86.0 cm³/mol. The van der Waals surface area contributed by atoms with Crippen LogP contribution in [0.1, 0.15) is 26.2 Å². The first-order valence-electron chi connectivity index (χ1n) is 7.70. The quantitative estimate of drug-likeness (QED) is 0.597. The van der Waals surface area contributed by atoms with Gasteiger partial charge in [0.05, 0.1) is 4.92 Å². The van der Waals surface area contributed by atoms with Gasteiger partial charge in [-0.15, -0.1) is 0 Å². The van der Waals surface area contributed by atoms with Gasteiger partial charge in [0.15, 0.2) is 0 Å². The van der Waals surface area contributed by atoms with Gasteiger partial charge < -0.3 is 15.5 Å². The molecule has 0 radical (unpaired) electrons. The van der Waals surface area contributed by atoms with Crippen LogP contribution in [0.25, 0.3) is 0 Å². The Kier molecular flexibility index (Phi) is 5.80. The fourth-order valence-corrected chi connectivity index (χ4v) is 2.75. The van der Waals surface area contributed by atoms with Crippen molar-refractivity contribution in [2.45, 2.75) is 26.2 Å². The molecule has 0 aliphatic carbocycles. The van der Waals surface area contributed by atoms with Gasteiger partial charge in [-0.1, -0.05) is 12.5 Å². The van der Waals surface area contributed by atoms with Crippen LogP contribution < -0.4 is 10.6 Å². The van der Waals surface area contributed by atoms with Gasteiger partial charge in [-0.25, -0.2) is 0 Å². The minimum absolute atomic E-state index is 0.137. The molecule has 1 saturated heterocycles. The first-order chi connectivity index (χ1) is 10.2. The molecule has 6 nitrogen and oxygen atoms in total. The average Bonchev–Trinajstić information content (AvgIpc) is 2.48. The molecule has 6 heteroatoms. The molecule has 0 unspecified atom stereocenters. The molecule has 0 bridgehead atoms. The summed E-state index contributed by atoms with van der Waals surface area (Å²) >= 11 is 0. The lowest BCUT2D eigenvalue weighted by Gasteiger charge is -2.26. The largest absolute Gasteiger partial charge is 0.380 e. The SMILES string of the molecule is CCNc1cccc(NCCN2CCCCC2)c1[N+](=O)[O-]. The number of likely N-dealkylation sites (tertiary alicyclic amines) is 1. The van der Waals surface area contributed by atoms with Crippen molar-refractivity contribution in [2.24, 2.45) is 0 Å². The third-order valence-electron chi connectivity index (χ3n) is 3.78. The molecule has 0 aromatic heterocycles. The molecule has 1 heterocycles. The lowest BCUT2D eigenvalue weighted by molar-refractivity contribution is -0.383. The summed E-state index contributed by atoms with van der Waals surface area (Å²) in [6, 6.07) is 5.36. The fourth-order valence-electron chi connectivity index (χ4n) is 2.75. The molecule has 1 aromatic rings. The smallest absolute Gasteiger partial charge is 0.315 e. The zero-order chi connectivity index (χ0) is 15.1. The first-order valence-corrected chi connectivity index (χ1v) is 7.70. The second-order valence-electron chi connectivity index (χ2n) is 5.32. The van der Waals surface area contributed by atoms with E-state index in [4.69, 9.17) is 0 Å². The van der Waals surface area contributed by atoms with E-state index in [2.05, 4.69) is 15.5 Å². The van der Waals surface area contributed by atoms with Gasteiger partial charge in [-0.05, 0) is 45.0 Å². The van der Waals surface area contributed by atoms with Crippen LogP contribution in [0.2, 0.25) is 0 Å². The predicted octanol–water partition coefficient (Wildman–Crippen LogP) is 2.92. The van der Waals surface area contributed by atoms with E-state index < -0.39 is 0 Å². The van der Waals surface area contributed by atoms with Crippen molar-refractivity contribution >= 4 is 17.1 Å². The molecule has 2 N–H and O–H groups in total. The molecular formula is C15H24N4O2. The summed E-state index contributed by atoms with van der Waals surface area (Å²) in [6.45, 7) is 6.54. The Labute approximate surface area is 125 Å². The van der Waals surface area contributed by atoms with Crippen LogP contribution in [-0.4, -0.2) is 42.5 Å². The maximum atomic E-state index is 11.3. The van der Waals surface area contributed by atoms with Gasteiger partial charge in [0.25, 0.3) is 0 Å². The number of rotatable bonds is 7. The molecule has 0 atom stereocenters. The molecule has 2 rings (SSSR count). The van der Waals surface area contributed by atoms with Crippen molar-refractivity contribution in [3.63, 3.8) is 0 Å². The molecular weight excluding hydrogens is 268 g/mol. The molecule has 1 fully saturated rings. The highest BCUT2D eigenvalue weighted by molar-refractivity contribution is 5.76. The minimum Gasteiger partial charge on any atom is -0.380 e. The van der Waals surface area contributed by atoms with Crippen LogP contribution in [0, 0.1) is 10.1 Å². The number of piperidine rings is 1. The summed E-state index contributed by atoms with van der Waals surface area (Å²) < 4.78 is 0. The Balaban J connectivity index is 1.98. The van der Waals surface area contributed by atoms with E-state index in [0.717, 1.165) is 26.2 Å². The number of nitro benzene ring substituents is 1. The molecule has 0 saturated carbocycles. The van der Waals surface area contributed by atoms with Gasteiger partial charge in [-0.3, -0.25) is 10.1 Å². The zero-order valence-corrected chi connectivity index (χ0v) is 12.6. The van der Waals surface area contributed by atoms with Crippen molar-refractivity contribution in [3.8, 4) is 0 Å². The summed E-state index contributed by atoms with van der Waals surface area (Å²) in [6.07, 6.45) is 3.84. The van der Waals surface area contributed by atoms with E-state index in [1.54, 1.807) is 12.1 Å². The van der Waals surface area contributed by atoms with Gasteiger partial charge in [0.2, 0.25) is 0 Å². The summed E-state index contributed by atoms with van der Waals surface area (Å²) in [7, 11) is 0. The van der Waals surface area contributed by atoms with Crippen molar-refractivity contribution < 1.29 is 4.92 Å². The first kappa shape index (κ1) is 15.6. The summed E-state index contributed by atoms with van der Waals surface area (Å²) in [5.41, 5.74) is 1.30. The Hall–Kier alpha value is -1.82. The molecule has 1 aliphatic heterocycles. The highest BCUT2D eigenvalue weighted by Crippen LogP contribution is 2.32. The Morgan fingerprint density at radius 3 is 2.48 bits per heavy atom. The van der Waals surface area contributed by atoms with E-state index in [-0.39, 0.29) is 10.6 Å². The maximum absolute atomic E-state index is 11.3. The summed E-state index contributed by atoms with van der Waals surface area (Å²) in [5.74, 6) is 0. The highest BCUT2D eigenvalue weighted by Gasteiger charge is 2.19. The lowest BCUT2D eigenvalue weighted by Crippen LogP contribution is -2.33. The number of hydrogen-bond donors (Lipinski definition) is 2. The average molecular weight is 292 g/mol. The number of para-hydroxylation sites is 1. The number of nitro groups is 1. The van der Waals surface area contributed by atoms with Crippen LogP contribution in [0.5, 0.6) is 0 Å². The number of hydrogen-bond acceptors (Lipinski definition) is 5. The van der Waals surface area contributed by atoms with Crippen LogP contribution in [0.15, 0.2) is 18.2 Å². The molecule has 0 amide bonds. The minimum atomic E-state index is -0.318. The van der Waals surface area contributed by atoms with Crippen molar-refractivity contribution in [1.29, 1.82) is 0 Å². The van der Waals surface area contributed by atoms with E-state index in [1.807, 2.05) is 13.0 Å². The van der Waals surface area contributed by atoms with Crippen molar-refractivity contribution in [3.05, 3.63) is 28.3 Å². The van der Waals surface area contributed by atoms with Gasteiger partial charge in [-0.2, -0.15) is 0 Å². The van der Waals surface area contributed by atoms with Gasteiger partial charge in [0.1, 0.15) is 11.4 Å². The molecule has 0 spiro atoms. The normalized spacial score (nSPS) is 15.7. The second-order valence-corrected chi connectivity index (χ2v) is 5.32. The fraction of sp³-hybridized carbons (Fsp3) is 0.600. The van der Waals surface area contributed by atoms with Crippen LogP contribution in [-0.2, 0) is 0 Å². The van der Waals surface area contributed by atoms with E-state index >= 15 is 0 Å². The number of nitrogens with one attached hydrogen (secondary N) is 2. The maximum Gasteiger partial charge on any atom is 0.315 e. The van der Waals surface area contributed by atoms with Gasteiger partial charge in [0, 0.05) is 19.6 Å². The standard InChI is InChI=1S/C15H24N4O2/c1-2-16-13-7-6-8-14(15(13)19(20)21)17-9-12-18-10-4-3-5-11-18/h6-8,16-17H,2-5,9-12H2,1H3. The zero-order valence-electron chi connectivity index (χ0n) is 12.6. The Morgan fingerprint density at radius 2 is 1.86 bits per heavy atom. The highest BCUT2D eigenvalue weighted by atomic mass is 16.6. The van der Waals surface area contributed by atoms with Crippen molar-refractivity contribution in [2.75, 3.05) is 43.4 Å². The topological polar surface area (TPSA) is 70.4 Å². The lowest BCUT2D eigenvalue weighted by atomic mass is 10.1. The van der Waals surface area contributed by atoms with Gasteiger partial charge >= 0.3 is 5.69 Å². The monoisotopic (exact) mass is 292 g/mol. The van der Waals surface area contributed by atoms with Crippen LogP contribution in [0.3, 0.4) is 0 Å². The third-order valence-corrected chi connectivity index (χ3v) is 3.78. The Bertz CT molecular complexity index is 473. The molecule has 1 aromatic carbocycles. The number of benzene rings is 1. The summed E-state index contributed by atoms with van der Waals surface area (Å²) in [4.78, 5) is 13.4. The van der Waals surface area contributed by atoms with Crippen LogP contribution in [0.4, 0.5) is 17.1 Å². The summed E-state index contributed by atoms with van der Waals surface area (Å²) in [5, 5.41) is 17.6. The van der Waals surface area contributed by atoms with E-state index in [9.17, 15) is 10.1 Å². The van der Waals surface area contributed by atoms with Crippen LogP contribution >= 0.6 is 0 Å². The number of nitrogens with zero attached hydrogens (tertiary/aromatic N) is 2. The van der Waals surface area contributed by atoms with E-state index in [1.165, 1.54) is 19.3 Å². The second kappa shape index (κ2) is 7.83. The molecule has 21 heavy (non-hydrogen) atoms. The molecule has 116 valence electrons.